The van der Waals surface area contributed by atoms with Gasteiger partial charge in [-0.1, -0.05) is 0 Å². The molecule has 1 saturated heterocycles. The number of halogens is 3. The topological polar surface area (TPSA) is 132 Å². The first-order chi connectivity index (χ1) is 17.7. The highest BCUT2D eigenvalue weighted by Crippen LogP contribution is 2.37. The summed E-state index contributed by atoms with van der Waals surface area (Å²) in [6.45, 7) is 2.93. The van der Waals surface area contributed by atoms with Crippen LogP contribution < -0.4 is 20.7 Å². The standard InChI is InChI=1S/C23H22F3N7O3S/c1-11(27)19-18(20(34)30-12-7-8-33(9-12)22-28-10-29-37-22)32-21(36-19)14-3-5-15(35-2)17-13(14)4-6-16(31-17)23(24,25)26/h3-6,10-12H,7-9,27H2,1-2H3,(H,30,34)/t11-,12+/m0/s1. The second-order valence-electron chi connectivity index (χ2n) is 8.56. The van der Waals surface area contributed by atoms with Crippen molar-refractivity contribution in [3.63, 3.8) is 0 Å². The number of carbonyl (C=O) groups is 1. The first kappa shape index (κ1) is 24.9. The van der Waals surface area contributed by atoms with E-state index in [0.29, 0.717) is 23.9 Å². The Kier molecular flexibility index (Phi) is 6.45. The zero-order valence-electron chi connectivity index (χ0n) is 19.7. The number of hydrogen-bond donors (Lipinski definition) is 2. The van der Waals surface area contributed by atoms with E-state index in [4.69, 9.17) is 14.9 Å². The number of carbonyl (C=O) groups excluding carboxylic acids is 1. The van der Waals surface area contributed by atoms with Crippen molar-refractivity contribution in [2.45, 2.75) is 31.6 Å². The van der Waals surface area contributed by atoms with Gasteiger partial charge in [-0.3, -0.25) is 4.79 Å². The van der Waals surface area contributed by atoms with Crippen molar-refractivity contribution in [3.8, 4) is 17.2 Å². The molecule has 10 nitrogen and oxygen atoms in total. The van der Waals surface area contributed by atoms with Crippen LogP contribution in [-0.4, -0.2) is 51.5 Å². The van der Waals surface area contributed by atoms with Crippen LogP contribution in [0.3, 0.4) is 0 Å². The summed E-state index contributed by atoms with van der Waals surface area (Å²) in [7, 11) is 1.34. The molecule has 0 aliphatic carbocycles. The molecule has 4 aromatic rings. The molecule has 1 aromatic carbocycles. The number of nitrogens with one attached hydrogen (secondary N) is 1. The van der Waals surface area contributed by atoms with E-state index in [1.165, 1.54) is 37.1 Å². The van der Waals surface area contributed by atoms with Crippen LogP contribution in [0.25, 0.3) is 22.4 Å². The predicted molar refractivity (Wildman–Crippen MR) is 129 cm³/mol. The fraction of sp³-hybridized carbons (Fsp3) is 0.348. The number of rotatable bonds is 6. The van der Waals surface area contributed by atoms with Gasteiger partial charge in [-0.25, -0.2) is 15.0 Å². The SMILES string of the molecule is COc1ccc(-c2nc(C(=O)N[C@@H]3CCN(c4ncns4)C3)c([C@H](C)N)o2)c2ccc(C(F)(F)F)nc12. The highest BCUT2D eigenvalue weighted by Gasteiger charge is 2.34. The number of pyridine rings is 1. The Hall–Kier alpha value is -3.78. The Balaban J connectivity index is 1.47. The van der Waals surface area contributed by atoms with Gasteiger partial charge in [0.05, 0.1) is 13.2 Å². The van der Waals surface area contributed by atoms with E-state index in [1.54, 1.807) is 13.0 Å². The Morgan fingerprint density at radius 1 is 1.30 bits per heavy atom. The Bertz CT molecular complexity index is 1440. The summed E-state index contributed by atoms with van der Waals surface area (Å²) in [5.41, 5.74) is 5.37. The number of nitrogens with zero attached hydrogens (tertiary/aromatic N) is 5. The summed E-state index contributed by atoms with van der Waals surface area (Å²) in [4.78, 5) is 27.6. The lowest BCUT2D eigenvalue weighted by Gasteiger charge is -2.15. The quantitative estimate of drug-likeness (QED) is 0.380. The predicted octanol–water partition coefficient (Wildman–Crippen LogP) is 3.80. The van der Waals surface area contributed by atoms with Crippen molar-refractivity contribution in [3.05, 3.63) is 47.7 Å². The molecule has 37 heavy (non-hydrogen) atoms. The van der Waals surface area contributed by atoms with Crippen LogP contribution >= 0.6 is 11.5 Å². The average molecular weight is 534 g/mol. The van der Waals surface area contributed by atoms with Crippen LogP contribution in [0.4, 0.5) is 18.3 Å². The van der Waals surface area contributed by atoms with Crippen LogP contribution in [0, 0.1) is 0 Å². The van der Waals surface area contributed by atoms with Crippen molar-refractivity contribution in [2.75, 3.05) is 25.1 Å². The zero-order valence-corrected chi connectivity index (χ0v) is 20.6. The highest BCUT2D eigenvalue weighted by molar-refractivity contribution is 7.09. The maximum atomic E-state index is 13.3. The summed E-state index contributed by atoms with van der Waals surface area (Å²) >= 11 is 1.28. The Morgan fingerprint density at radius 3 is 2.78 bits per heavy atom. The number of methoxy groups -OCH3 is 1. The van der Waals surface area contributed by atoms with E-state index in [-0.39, 0.29) is 34.7 Å². The maximum Gasteiger partial charge on any atom is 0.433 e. The molecule has 1 aliphatic heterocycles. The number of hydrogen-bond acceptors (Lipinski definition) is 10. The van der Waals surface area contributed by atoms with Crippen LogP contribution in [0.1, 0.15) is 41.3 Å². The summed E-state index contributed by atoms with van der Waals surface area (Å²) in [5, 5.41) is 4.07. The maximum absolute atomic E-state index is 13.3. The molecule has 0 bridgehead atoms. The highest BCUT2D eigenvalue weighted by atomic mass is 32.1. The molecule has 3 N–H and O–H groups in total. The number of alkyl halides is 3. The van der Waals surface area contributed by atoms with Gasteiger partial charge in [0, 0.05) is 41.6 Å². The second-order valence-corrected chi connectivity index (χ2v) is 9.31. The fourth-order valence-electron chi connectivity index (χ4n) is 4.23. The van der Waals surface area contributed by atoms with Gasteiger partial charge in [-0.05, 0) is 37.6 Å². The lowest BCUT2D eigenvalue weighted by atomic mass is 10.1. The van der Waals surface area contributed by atoms with Gasteiger partial charge in [-0.15, -0.1) is 0 Å². The number of nitrogens with two attached hydrogens (primary N) is 1. The van der Waals surface area contributed by atoms with Crippen LogP contribution in [0.15, 0.2) is 35.0 Å². The lowest BCUT2D eigenvalue weighted by molar-refractivity contribution is -0.140. The Labute approximate surface area is 212 Å². The van der Waals surface area contributed by atoms with Crippen molar-refractivity contribution in [1.29, 1.82) is 0 Å². The van der Waals surface area contributed by atoms with E-state index in [9.17, 15) is 18.0 Å². The minimum absolute atomic E-state index is 0.0101. The molecule has 14 heteroatoms. The smallest absolute Gasteiger partial charge is 0.433 e. The van der Waals surface area contributed by atoms with Gasteiger partial charge >= 0.3 is 6.18 Å². The third-order valence-electron chi connectivity index (χ3n) is 5.99. The van der Waals surface area contributed by atoms with E-state index < -0.39 is 23.8 Å². The average Bonchev–Trinajstić information content (AvgIpc) is 3.63. The second kappa shape index (κ2) is 9.59. The molecule has 0 spiro atoms. The van der Waals surface area contributed by atoms with Crippen molar-refractivity contribution < 1.29 is 27.1 Å². The molecular weight excluding hydrogens is 511 g/mol. The molecule has 5 rings (SSSR count). The molecule has 1 aliphatic rings. The van der Waals surface area contributed by atoms with Crippen molar-refractivity contribution >= 4 is 33.5 Å². The largest absolute Gasteiger partial charge is 0.494 e. The van der Waals surface area contributed by atoms with Gasteiger partial charge in [0.15, 0.2) is 11.5 Å². The fourth-order valence-corrected chi connectivity index (χ4v) is 4.80. The molecule has 4 heterocycles. The van der Waals surface area contributed by atoms with Gasteiger partial charge in [0.25, 0.3) is 5.91 Å². The van der Waals surface area contributed by atoms with Crippen molar-refractivity contribution in [1.82, 2.24) is 24.6 Å². The molecular formula is C23H22F3N7O3S. The number of oxazole rings is 1. The first-order valence-electron chi connectivity index (χ1n) is 11.3. The van der Waals surface area contributed by atoms with Crippen LogP contribution in [0.2, 0.25) is 0 Å². The van der Waals surface area contributed by atoms with Gasteiger partial charge in [0.2, 0.25) is 11.0 Å². The molecule has 0 radical (unpaired) electrons. The van der Waals surface area contributed by atoms with Gasteiger partial charge < -0.3 is 25.1 Å². The molecule has 0 saturated carbocycles. The Morgan fingerprint density at radius 2 is 2.11 bits per heavy atom. The lowest BCUT2D eigenvalue weighted by Crippen LogP contribution is -2.37. The summed E-state index contributed by atoms with van der Waals surface area (Å²) in [5.74, 6) is -0.103. The number of benzene rings is 1. The molecule has 0 unspecified atom stereocenters. The number of anilines is 1. The third-order valence-corrected chi connectivity index (χ3v) is 6.71. The van der Waals surface area contributed by atoms with E-state index >= 15 is 0 Å². The molecule has 3 aromatic heterocycles. The van der Waals surface area contributed by atoms with E-state index in [2.05, 4.69) is 24.6 Å². The first-order valence-corrected chi connectivity index (χ1v) is 12.1. The zero-order chi connectivity index (χ0) is 26.3. The van der Waals surface area contributed by atoms with Crippen LogP contribution in [0.5, 0.6) is 5.75 Å². The minimum atomic E-state index is -4.63. The summed E-state index contributed by atoms with van der Waals surface area (Å²) < 4.78 is 55.0. The monoisotopic (exact) mass is 533 g/mol. The van der Waals surface area contributed by atoms with Gasteiger partial charge in [0.1, 0.15) is 23.3 Å². The minimum Gasteiger partial charge on any atom is -0.494 e. The van der Waals surface area contributed by atoms with Gasteiger partial charge in [-0.2, -0.15) is 17.5 Å². The summed E-state index contributed by atoms with van der Waals surface area (Å²) in [6, 6.07) is 4.40. The molecule has 1 amide bonds. The molecule has 194 valence electrons. The summed E-state index contributed by atoms with van der Waals surface area (Å²) in [6.07, 6.45) is -2.43. The third kappa shape index (κ3) is 4.81. The number of aromatic nitrogens is 4. The molecule has 2 atom stereocenters. The van der Waals surface area contributed by atoms with Crippen LogP contribution in [-0.2, 0) is 6.18 Å². The number of ether oxygens (including phenoxy) is 1. The van der Waals surface area contributed by atoms with E-state index in [0.717, 1.165) is 17.7 Å². The normalized spacial score (nSPS) is 16.8. The van der Waals surface area contributed by atoms with E-state index in [1.807, 2.05) is 4.90 Å². The molecule has 1 fully saturated rings. The number of amides is 1. The number of fused-ring (bicyclic) bond motifs is 1. The van der Waals surface area contributed by atoms with Crippen molar-refractivity contribution in [2.24, 2.45) is 5.73 Å².